The third-order valence-corrected chi connectivity index (χ3v) is 3.92. The van der Waals surface area contributed by atoms with Crippen LogP contribution in [0.1, 0.15) is 39.0 Å². The third-order valence-electron chi connectivity index (χ3n) is 3.92. The number of piperidine rings is 1. The summed E-state index contributed by atoms with van der Waals surface area (Å²) in [5.74, 6) is 0.470. The summed E-state index contributed by atoms with van der Waals surface area (Å²) < 4.78 is 0. The highest BCUT2D eigenvalue weighted by molar-refractivity contribution is 5.79. The molecule has 2 N–H and O–H groups in total. The average Bonchev–Trinajstić information content (AvgIpc) is 2.24. The van der Waals surface area contributed by atoms with Crippen molar-refractivity contribution in [2.45, 2.75) is 39.0 Å². The molecule has 3 nitrogen and oxygen atoms in total. The van der Waals surface area contributed by atoms with Crippen LogP contribution in [0, 0.1) is 11.3 Å². The fraction of sp³-hybridized carbons (Fsp3) is 0.917. The van der Waals surface area contributed by atoms with Crippen molar-refractivity contribution in [3.8, 4) is 0 Å². The Hall–Kier alpha value is -0.570. The van der Waals surface area contributed by atoms with E-state index in [1.807, 2.05) is 0 Å². The quantitative estimate of drug-likeness (QED) is 0.737. The van der Waals surface area contributed by atoms with Crippen LogP contribution in [0.2, 0.25) is 0 Å². The number of hydrogen-bond donors (Lipinski definition) is 2. The number of carbonyl (C=O) groups is 1. The van der Waals surface area contributed by atoms with E-state index in [0.29, 0.717) is 5.41 Å². The first-order valence-electron chi connectivity index (χ1n) is 6.18. The second kappa shape index (κ2) is 4.52. The van der Waals surface area contributed by atoms with E-state index in [4.69, 9.17) is 0 Å². The number of amides is 1. The highest BCUT2D eigenvalue weighted by Gasteiger charge is 2.32. The number of hydrogen-bond acceptors (Lipinski definition) is 2. The lowest BCUT2D eigenvalue weighted by Crippen LogP contribution is -2.45. The lowest BCUT2D eigenvalue weighted by atomic mass is 9.70. The van der Waals surface area contributed by atoms with Crippen LogP contribution in [0.5, 0.6) is 0 Å². The fourth-order valence-corrected chi connectivity index (χ4v) is 2.48. The van der Waals surface area contributed by atoms with Gasteiger partial charge in [0.25, 0.3) is 0 Å². The predicted octanol–water partition coefficient (Wildman–Crippen LogP) is 1.29. The van der Waals surface area contributed by atoms with Crippen LogP contribution in [0.15, 0.2) is 0 Å². The molecule has 0 aromatic rings. The first-order chi connectivity index (χ1) is 7.20. The van der Waals surface area contributed by atoms with E-state index in [0.717, 1.165) is 32.5 Å². The molecule has 1 heterocycles. The van der Waals surface area contributed by atoms with Crippen LogP contribution in [0.3, 0.4) is 0 Å². The molecule has 1 aliphatic heterocycles. The molecule has 2 fully saturated rings. The van der Waals surface area contributed by atoms with Crippen molar-refractivity contribution in [1.82, 2.24) is 10.6 Å². The van der Waals surface area contributed by atoms with Gasteiger partial charge in [-0.1, -0.05) is 13.3 Å². The Morgan fingerprint density at radius 2 is 2.27 bits per heavy atom. The van der Waals surface area contributed by atoms with Crippen molar-refractivity contribution in [3.05, 3.63) is 0 Å². The molecule has 15 heavy (non-hydrogen) atoms. The molecule has 1 aliphatic carbocycles. The van der Waals surface area contributed by atoms with Crippen molar-refractivity contribution < 1.29 is 4.79 Å². The standard InChI is InChI=1S/C12H22N2O/c1-12(5-3-6-12)9-14-11(15)10-4-2-7-13-8-10/h10,13H,2-9H2,1H3,(H,14,15)/t10-/m1/s1. The summed E-state index contributed by atoms with van der Waals surface area (Å²) in [7, 11) is 0. The Balaban J connectivity index is 1.71. The maximum atomic E-state index is 11.8. The molecule has 1 atom stereocenters. The Morgan fingerprint density at radius 1 is 1.47 bits per heavy atom. The van der Waals surface area contributed by atoms with Crippen molar-refractivity contribution >= 4 is 5.91 Å². The molecular formula is C12H22N2O. The van der Waals surface area contributed by atoms with Gasteiger partial charge in [0.1, 0.15) is 0 Å². The molecule has 2 aliphatic rings. The zero-order chi connectivity index (χ0) is 10.7. The monoisotopic (exact) mass is 210 g/mol. The normalized spacial score (nSPS) is 29.3. The van der Waals surface area contributed by atoms with E-state index in [1.54, 1.807) is 0 Å². The van der Waals surface area contributed by atoms with E-state index in [-0.39, 0.29) is 11.8 Å². The number of rotatable bonds is 3. The van der Waals surface area contributed by atoms with Gasteiger partial charge in [-0.3, -0.25) is 4.79 Å². The molecule has 0 unspecified atom stereocenters. The summed E-state index contributed by atoms with van der Waals surface area (Å²) in [6.07, 6.45) is 6.06. The van der Waals surface area contributed by atoms with Crippen LogP contribution in [0.4, 0.5) is 0 Å². The van der Waals surface area contributed by atoms with E-state index < -0.39 is 0 Å². The Kier molecular flexibility index (Phi) is 3.29. The molecule has 3 heteroatoms. The average molecular weight is 210 g/mol. The van der Waals surface area contributed by atoms with E-state index in [2.05, 4.69) is 17.6 Å². The zero-order valence-electron chi connectivity index (χ0n) is 9.64. The third kappa shape index (κ3) is 2.71. The van der Waals surface area contributed by atoms with E-state index in [9.17, 15) is 4.79 Å². The maximum absolute atomic E-state index is 11.8. The topological polar surface area (TPSA) is 41.1 Å². The summed E-state index contributed by atoms with van der Waals surface area (Å²) >= 11 is 0. The van der Waals surface area contributed by atoms with Crippen molar-refractivity contribution in [2.75, 3.05) is 19.6 Å². The second-order valence-corrected chi connectivity index (χ2v) is 5.43. The van der Waals surface area contributed by atoms with Crippen molar-refractivity contribution in [3.63, 3.8) is 0 Å². The van der Waals surface area contributed by atoms with Gasteiger partial charge in [-0.25, -0.2) is 0 Å². The highest BCUT2D eigenvalue weighted by atomic mass is 16.1. The lowest BCUT2D eigenvalue weighted by Gasteiger charge is -2.38. The molecular weight excluding hydrogens is 188 g/mol. The summed E-state index contributed by atoms with van der Waals surface area (Å²) in [5, 5.41) is 6.40. The molecule has 0 radical (unpaired) electrons. The summed E-state index contributed by atoms with van der Waals surface area (Å²) in [6.45, 7) is 5.09. The molecule has 1 saturated carbocycles. The summed E-state index contributed by atoms with van der Waals surface area (Å²) in [4.78, 5) is 11.8. The molecule has 1 amide bonds. The molecule has 0 bridgehead atoms. The molecule has 0 spiro atoms. The van der Waals surface area contributed by atoms with Gasteiger partial charge in [0, 0.05) is 13.1 Å². The molecule has 0 aromatic heterocycles. The van der Waals surface area contributed by atoms with Crippen LogP contribution >= 0.6 is 0 Å². The van der Waals surface area contributed by atoms with Gasteiger partial charge in [0.2, 0.25) is 5.91 Å². The number of nitrogens with one attached hydrogen (secondary N) is 2. The van der Waals surface area contributed by atoms with Gasteiger partial charge in [0.15, 0.2) is 0 Å². The minimum atomic E-state index is 0.211. The SMILES string of the molecule is CC1(CNC(=O)[C@@H]2CCCNC2)CCC1. The minimum Gasteiger partial charge on any atom is -0.355 e. The molecule has 86 valence electrons. The van der Waals surface area contributed by atoms with Gasteiger partial charge in [-0.2, -0.15) is 0 Å². The predicted molar refractivity (Wildman–Crippen MR) is 60.6 cm³/mol. The Labute approximate surface area is 92.0 Å². The molecule has 0 aromatic carbocycles. The fourth-order valence-electron chi connectivity index (χ4n) is 2.48. The Morgan fingerprint density at radius 3 is 2.80 bits per heavy atom. The van der Waals surface area contributed by atoms with Crippen molar-refractivity contribution in [1.29, 1.82) is 0 Å². The molecule has 2 rings (SSSR count). The smallest absolute Gasteiger partial charge is 0.224 e. The second-order valence-electron chi connectivity index (χ2n) is 5.43. The van der Waals surface area contributed by atoms with Crippen LogP contribution in [-0.4, -0.2) is 25.5 Å². The van der Waals surface area contributed by atoms with Gasteiger partial charge in [-0.05, 0) is 37.6 Å². The molecule has 1 saturated heterocycles. The summed E-state index contributed by atoms with van der Waals surface area (Å²) in [5.41, 5.74) is 0.401. The van der Waals surface area contributed by atoms with Crippen molar-refractivity contribution in [2.24, 2.45) is 11.3 Å². The van der Waals surface area contributed by atoms with Crippen LogP contribution < -0.4 is 10.6 Å². The lowest BCUT2D eigenvalue weighted by molar-refractivity contribution is -0.126. The minimum absolute atomic E-state index is 0.211. The number of carbonyl (C=O) groups excluding carboxylic acids is 1. The van der Waals surface area contributed by atoms with E-state index >= 15 is 0 Å². The zero-order valence-corrected chi connectivity index (χ0v) is 9.64. The van der Waals surface area contributed by atoms with Gasteiger partial charge in [0.05, 0.1) is 5.92 Å². The van der Waals surface area contributed by atoms with E-state index in [1.165, 1.54) is 19.3 Å². The largest absolute Gasteiger partial charge is 0.355 e. The van der Waals surface area contributed by atoms with Gasteiger partial charge >= 0.3 is 0 Å². The highest BCUT2D eigenvalue weighted by Crippen LogP contribution is 2.39. The van der Waals surface area contributed by atoms with Crippen LogP contribution in [-0.2, 0) is 4.79 Å². The Bertz CT molecular complexity index is 230. The summed E-state index contributed by atoms with van der Waals surface area (Å²) in [6, 6.07) is 0. The first kappa shape index (κ1) is 10.9. The van der Waals surface area contributed by atoms with Gasteiger partial charge in [-0.15, -0.1) is 0 Å². The van der Waals surface area contributed by atoms with Gasteiger partial charge < -0.3 is 10.6 Å². The first-order valence-corrected chi connectivity index (χ1v) is 6.18. The maximum Gasteiger partial charge on any atom is 0.224 e. The van der Waals surface area contributed by atoms with Crippen LogP contribution in [0.25, 0.3) is 0 Å².